The van der Waals surface area contributed by atoms with Crippen LogP contribution in [0.15, 0.2) is 16.7 Å². The maximum atomic E-state index is 5.85. The van der Waals surface area contributed by atoms with Crippen LogP contribution in [0.4, 0.5) is 5.82 Å². The lowest BCUT2D eigenvalue weighted by Gasteiger charge is -2.22. The second-order valence-electron chi connectivity index (χ2n) is 4.37. The molecule has 1 heterocycles. The molecule has 1 aliphatic rings. The molecule has 1 fully saturated rings. The van der Waals surface area contributed by atoms with Crippen LogP contribution in [0.3, 0.4) is 0 Å². The molecule has 0 bridgehead atoms. The smallest absolute Gasteiger partial charge is 0.140 e. The Labute approximate surface area is 110 Å². The number of anilines is 1. The normalized spacial score (nSPS) is 17.4. The molecule has 0 radical (unpaired) electrons. The number of rotatable bonds is 3. The Morgan fingerprint density at radius 1 is 1.38 bits per heavy atom. The summed E-state index contributed by atoms with van der Waals surface area (Å²) in [5, 5.41) is 4.06. The average Bonchev–Trinajstić information content (AvgIpc) is 2.29. The van der Waals surface area contributed by atoms with Gasteiger partial charge in [-0.1, -0.05) is 30.9 Å². The molecule has 0 unspecified atom stereocenters. The number of pyridine rings is 1. The first-order valence-corrected chi connectivity index (χ1v) is 6.98. The molecule has 1 aromatic heterocycles. The average molecular weight is 304 g/mol. The summed E-state index contributed by atoms with van der Waals surface area (Å²) in [6.45, 7) is 1.02. The van der Waals surface area contributed by atoms with Crippen molar-refractivity contribution in [1.29, 1.82) is 0 Å². The first-order chi connectivity index (χ1) is 7.75. The van der Waals surface area contributed by atoms with Gasteiger partial charge >= 0.3 is 0 Å². The molecule has 88 valence electrons. The lowest BCUT2D eigenvalue weighted by atomic mass is 9.89. The Bertz CT molecular complexity index is 351. The van der Waals surface area contributed by atoms with Gasteiger partial charge in [0.15, 0.2) is 0 Å². The molecule has 4 heteroatoms. The maximum absolute atomic E-state index is 5.85. The van der Waals surface area contributed by atoms with Crippen LogP contribution in [0.25, 0.3) is 0 Å². The molecule has 1 aliphatic carbocycles. The summed E-state index contributed by atoms with van der Waals surface area (Å²) in [6.07, 6.45) is 8.52. The molecule has 0 saturated heterocycles. The first-order valence-electron chi connectivity index (χ1n) is 5.80. The van der Waals surface area contributed by atoms with E-state index >= 15 is 0 Å². The van der Waals surface area contributed by atoms with Gasteiger partial charge in [-0.15, -0.1) is 0 Å². The predicted molar refractivity (Wildman–Crippen MR) is 72.0 cm³/mol. The van der Waals surface area contributed by atoms with Crippen LogP contribution >= 0.6 is 27.5 Å². The molecule has 1 aromatic rings. The fourth-order valence-electron chi connectivity index (χ4n) is 2.18. The van der Waals surface area contributed by atoms with E-state index in [1.165, 1.54) is 32.1 Å². The second-order valence-corrected chi connectivity index (χ2v) is 5.66. The number of hydrogen-bond donors (Lipinski definition) is 1. The van der Waals surface area contributed by atoms with E-state index in [1.54, 1.807) is 6.20 Å². The van der Waals surface area contributed by atoms with E-state index < -0.39 is 0 Å². The third-order valence-corrected chi connectivity index (χ3v) is 3.90. The third-order valence-electron chi connectivity index (χ3n) is 3.09. The van der Waals surface area contributed by atoms with Crippen molar-refractivity contribution in [2.45, 2.75) is 32.1 Å². The summed E-state index contributed by atoms with van der Waals surface area (Å²) in [5.74, 6) is 1.70. The summed E-state index contributed by atoms with van der Waals surface area (Å²) in [6, 6.07) is 1.87. The molecular weight excluding hydrogens is 288 g/mol. The molecule has 0 spiro atoms. The van der Waals surface area contributed by atoms with Crippen LogP contribution in [-0.4, -0.2) is 11.5 Å². The zero-order valence-corrected chi connectivity index (χ0v) is 11.5. The van der Waals surface area contributed by atoms with Gasteiger partial charge in [-0.3, -0.25) is 0 Å². The number of aromatic nitrogens is 1. The summed E-state index contributed by atoms with van der Waals surface area (Å²) in [4.78, 5) is 4.27. The van der Waals surface area contributed by atoms with Gasteiger partial charge in [-0.05, 0) is 40.8 Å². The van der Waals surface area contributed by atoms with Gasteiger partial charge in [0, 0.05) is 12.7 Å². The van der Waals surface area contributed by atoms with Crippen LogP contribution in [0, 0.1) is 5.92 Å². The topological polar surface area (TPSA) is 24.9 Å². The molecule has 2 rings (SSSR count). The number of nitrogens with one attached hydrogen (secondary N) is 1. The summed E-state index contributed by atoms with van der Waals surface area (Å²) >= 11 is 9.31. The molecule has 1 N–H and O–H groups in total. The minimum atomic E-state index is 0.662. The molecule has 0 aromatic carbocycles. The van der Waals surface area contributed by atoms with E-state index in [-0.39, 0.29) is 0 Å². The van der Waals surface area contributed by atoms with Gasteiger partial charge in [0.1, 0.15) is 5.82 Å². The molecule has 16 heavy (non-hydrogen) atoms. The summed E-state index contributed by atoms with van der Waals surface area (Å²) in [7, 11) is 0. The monoisotopic (exact) mass is 302 g/mol. The van der Waals surface area contributed by atoms with Crippen molar-refractivity contribution in [3.05, 3.63) is 21.8 Å². The highest BCUT2D eigenvalue weighted by Gasteiger charge is 2.13. The number of hydrogen-bond acceptors (Lipinski definition) is 2. The van der Waals surface area contributed by atoms with Crippen LogP contribution < -0.4 is 5.32 Å². The SMILES string of the molecule is Clc1cnc(NCC2CCCCC2)c(Br)c1. The minimum absolute atomic E-state index is 0.662. The van der Waals surface area contributed by atoms with E-state index in [4.69, 9.17) is 11.6 Å². The predicted octanol–water partition coefficient (Wildman–Crippen LogP) is 4.49. The van der Waals surface area contributed by atoms with Crippen LogP contribution in [0.5, 0.6) is 0 Å². The molecule has 1 saturated carbocycles. The van der Waals surface area contributed by atoms with Gasteiger partial charge in [0.05, 0.1) is 9.50 Å². The quantitative estimate of drug-likeness (QED) is 0.890. The Morgan fingerprint density at radius 3 is 2.81 bits per heavy atom. The van der Waals surface area contributed by atoms with Crippen LogP contribution in [0.2, 0.25) is 5.02 Å². The Morgan fingerprint density at radius 2 is 2.12 bits per heavy atom. The van der Waals surface area contributed by atoms with Crippen molar-refractivity contribution in [2.24, 2.45) is 5.92 Å². The highest BCUT2D eigenvalue weighted by atomic mass is 79.9. The Kier molecular flexibility index (Phi) is 4.47. The van der Waals surface area contributed by atoms with Gasteiger partial charge in [0.25, 0.3) is 0 Å². The van der Waals surface area contributed by atoms with Crippen molar-refractivity contribution in [1.82, 2.24) is 4.98 Å². The summed E-state index contributed by atoms with van der Waals surface area (Å²) in [5.41, 5.74) is 0. The minimum Gasteiger partial charge on any atom is -0.369 e. The second kappa shape index (κ2) is 5.87. The van der Waals surface area contributed by atoms with E-state index in [2.05, 4.69) is 26.2 Å². The van der Waals surface area contributed by atoms with E-state index in [0.29, 0.717) is 5.02 Å². The summed E-state index contributed by atoms with van der Waals surface area (Å²) < 4.78 is 0.941. The first kappa shape index (κ1) is 12.2. The van der Waals surface area contributed by atoms with Crippen LogP contribution in [0.1, 0.15) is 32.1 Å². The fraction of sp³-hybridized carbons (Fsp3) is 0.583. The van der Waals surface area contributed by atoms with Gasteiger partial charge in [-0.25, -0.2) is 4.98 Å². The van der Waals surface area contributed by atoms with E-state index in [0.717, 1.165) is 22.8 Å². The van der Waals surface area contributed by atoms with Crippen molar-refractivity contribution < 1.29 is 0 Å². The molecule has 0 aliphatic heterocycles. The van der Waals surface area contributed by atoms with Gasteiger partial charge in [-0.2, -0.15) is 0 Å². The van der Waals surface area contributed by atoms with E-state index in [1.807, 2.05) is 6.07 Å². The lowest BCUT2D eigenvalue weighted by Crippen LogP contribution is -2.17. The third kappa shape index (κ3) is 3.36. The van der Waals surface area contributed by atoms with Crippen molar-refractivity contribution >= 4 is 33.3 Å². The van der Waals surface area contributed by atoms with Crippen LogP contribution in [-0.2, 0) is 0 Å². The zero-order valence-electron chi connectivity index (χ0n) is 9.18. The standard InChI is InChI=1S/C12H16BrClN2/c13-11-6-10(14)8-16-12(11)15-7-9-4-2-1-3-5-9/h6,8-9H,1-5,7H2,(H,15,16). The van der Waals surface area contributed by atoms with Crippen molar-refractivity contribution in [3.63, 3.8) is 0 Å². The highest BCUT2D eigenvalue weighted by Crippen LogP contribution is 2.26. The maximum Gasteiger partial charge on any atom is 0.140 e. The largest absolute Gasteiger partial charge is 0.369 e. The molecular formula is C12H16BrClN2. The van der Waals surface area contributed by atoms with Crippen molar-refractivity contribution in [2.75, 3.05) is 11.9 Å². The molecule has 0 atom stereocenters. The zero-order chi connectivity index (χ0) is 11.4. The highest BCUT2D eigenvalue weighted by molar-refractivity contribution is 9.10. The van der Waals surface area contributed by atoms with E-state index in [9.17, 15) is 0 Å². The Hall–Kier alpha value is -0.280. The van der Waals surface area contributed by atoms with Crippen molar-refractivity contribution in [3.8, 4) is 0 Å². The Balaban J connectivity index is 1.88. The number of halogens is 2. The fourth-order valence-corrected chi connectivity index (χ4v) is 2.96. The lowest BCUT2D eigenvalue weighted by molar-refractivity contribution is 0.373. The van der Waals surface area contributed by atoms with Gasteiger partial charge < -0.3 is 5.32 Å². The molecule has 2 nitrogen and oxygen atoms in total. The number of nitrogens with zero attached hydrogens (tertiary/aromatic N) is 1. The van der Waals surface area contributed by atoms with Gasteiger partial charge in [0.2, 0.25) is 0 Å². The molecule has 0 amide bonds.